The molecule has 0 bridgehead atoms. The van der Waals surface area contributed by atoms with E-state index in [2.05, 4.69) is 31.0 Å². The van der Waals surface area contributed by atoms with Crippen molar-refractivity contribution in [3.8, 4) is 0 Å². The van der Waals surface area contributed by atoms with Crippen LogP contribution in [0.15, 0.2) is 5.10 Å². The van der Waals surface area contributed by atoms with E-state index in [0.29, 0.717) is 24.4 Å². The molecule has 0 aliphatic carbocycles. The highest BCUT2D eigenvalue weighted by atomic mass is 16.2. The quantitative estimate of drug-likeness (QED) is 0.658. The van der Waals surface area contributed by atoms with Crippen LogP contribution in [-0.2, 0) is 16.1 Å². The van der Waals surface area contributed by atoms with Crippen molar-refractivity contribution in [1.82, 2.24) is 30.9 Å². The zero-order chi connectivity index (χ0) is 12.3. The van der Waals surface area contributed by atoms with E-state index in [1.54, 1.807) is 0 Å². The van der Waals surface area contributed by atoms with E-state index in [1.165, 1.54) is 12.1 Å². The number of rotatable bonds is 3. The van der Waals surface area contributed by atoms with Gasteiger partial charge in [-0.3, -0.25) is 9.59 Å². The number of carbonyl (C=O) groups excluding carboxylic acids is 2. The van der Waals surface area contributed by atoms with Crippen LogP contribution in [0.2, 0.25) is 0 Å². The minimum atomic E-state index is -0.325. The third kappa shape index (κ3) is 2.62. The fourth-order valence-electron chi connectivity index (χ4n) is 1.35. The SMILES string of the molecule is CN1N=C(C(=O)NCc2nn[nH]n2)CCC1=O. The van der Waals surface area contributed by atoms with Crippen LogP contribution in [0.4, 0.5) is 0 Å². The number of tetrazole rings is 1. The maximum absolute atomic E-state index is 11.7. The van der Waals surface area contributed by atoms with Crippen molar-refractivity contribution < 1.29 is 9.59 Å². The predicted molar refractivity (Wildman–Crippen MR) is 55.5 cm³/mol. The molecule has 90 valence electrons. The normalized spacial score (nSPS) is 15.7. The highest BCUT2D eigenvalue weighted by molar-refractivity contribution is 6.39. The number of hydrogen-bond donors (Lipinski definition) is 2. The van der Waals surface area contributed by atoms with Gasteiger partial charge in [-0.15, -0.1) is 10.2 Å². The summed E-state index contributed by atoms with van der Waals surface area (Å²) >= 11 is 0. The maximum Gasteiger partial charge on any atom is 0.267 e. The molecule has 2 amide bonds. The monoisotopic (exact) mass is 237 g/mol. The number of nitrogens with zero attached hydrogens (tertiary/aromatic N) is 5. The van der Waals surface area contributed by atoms with Crippen LogP contribution >= 0.6 is 0 Å². The van der Waals surface area contributed by atoms with Crippen LogP contribution in [0, 0.1) is 0 Å². The Labute approximate surface area is 96.3 Å². The number of H-pyrrole nitrogens is 1. The summed E-state index contributed by atoms with van der Waals surface area (Å²) in [6, 6.07) is 0. The van der Waals surface area contributed by atoms with Gasteiger partial charge in [-0.05, 0) is 0 Å². The van der Waals surface area contributed by atoms with E-state index in [1.807, 2.05) is 0 Å². The minimum absolute atomic E-state index is 0.0975. The second kappa shape index (κ2) is 4.68. The first kappa shape index (κ1) is 11.2. The van der Waals surface area contributed by atoms with Gasteiger partial charge in [-0.25, -0.2) is 5.01 Å². The van der Waals surface area contributed by atoms with E-state index < -0.39 is 0 Å². The average Bonchev–Trinajstić information content (AvgIpc) is 2.82. The molecular weight excluding hydrogens is 226 g/mol. The molecule has 0 aromatic carbocycles. The molecule has 2 rings (SSSR count). The summed E-state index contributed by atoms with van der Waals surface area (Å²) in [7, 11) is 1.52. The van der Waals surface area contributed by atoms with Crippen LogP contribution < -0.4 is 5.32 Å². The molecule has 1 aliphatic heterocycles. The van der Waals surface area contributed by atoms with E-state index >= 15 is 0 Å². The van der Waals surface area contributed by atoms with Gasteiger partial charge in [0.05, 0.1) is 6.54 Å². The average molecular weight is 237 g/mol. The van der Waals surface area contributed by atoms with E-state index in [-0.39, 0.29) is 18.4 Å². The van der Waals surface area contributed by atoms with Crippen LogP contribution in [0.25, 0.3) is 0 Å². The highest BCUT2D eigenvalue weighted by Gasteiger charge is 2.21. The lowest BCUT2D eigenvalue weighted by Gasteiger charge is -2.18. The van der Waals surface area contributed by atoms with Gasteiger partial charge in [0, 0.05) is 19.9 Å². The summed E-state index contributed by atoms with van der Waals surface area (Å²) in [6.45, 7) is 0.173. The molecule has 2 heterocycles. The molecule has 1 aliphatic rings. The van der Waals surface area contributed by atoms with Crippen LogP contribution in [0.1, 0.15) is 18.7 Å². The van der Waals surface area contributed by atoms with Crippen LogP contribution in [-0.4, -0.2) is 50.2 Å². The molecule has 1 aromatic rings. The zero-order valence-electron chi connectivity index (χ0n) is 9.17. The van der Waals surface area contributed by atoms with Gasteiger partial charge in [0.15, 0.2) is 5.82 Å². The Kier molecular flexibility index (Phi) is 3.08. The fraction of sp³-hybridized carbons (Fsp3) is 0.500. The number of aromatic amines is 1. The van der Waals surface area contributed by atoms with E-state index in [4.69, 9.17) is 0 Å². The second-order valence-electron chi connectivity index (χ2n) is 3.47. The summed E-state index contributed by atoms with van der Waals surface area (Å²) in [5.41, 5.74) is 0.329. The molecule has 0 saturated carbocycles. The Morgan fingerprint density at radius 1 is 1.53 bits per heavy atom. The second-order valence-corrected chi connectivity index (χ2v) is 3.47. The van der Waals surface area contributed by atoms with Crippen LogP contribution in [0.3, 0.4) is 0 Å². The summed E-state index contributed by atoms with van der Waals surface area (Å²) in [6.07, 6.45) is 0.645. The lowest BCUT2D eigenvalue weighted by molar-refractivity contribution is -0.130. The Morgan fingerprint density at radius 2 is 2.35 bits per heavy atom. The molecule has 9 heteroatoms. The number of hydrazone groups is 1. The van der Waals surface area contributed by atoms with Crippen molar-refractivity contribution in [3.05, 3.63) is 5.82 Å². The Balaban J connectivity index is 1.92. The van der Waals surface area contributed by atoms with Gasteiger partial charge in [-0.1, -0.05) is 5.21 Å². The number of nitrogens with one attached hydrogen (secondary N) is 2. The Bertz CT molecular complexity index is 452. The first-order valence-electron chi connectivity index (χ1n) is 5.01. The molecular formula is C8H11N7O2. The van der Waals surface area contributed by atoms with E-state index in [9.17, 15) is 9.59 Å². The smallest absolute Gasteiger partial charge is 0.267 e. The van der Waals surface area contributed by atoms with Crippen molar-refractivity contribution in [3.63, 3.8) is 0 Å². The molecule has 2 N–H and O–H groups in total. The molecule has 0 unspecified atom stereocenters. The number of hydrogen-bond acceptors (Lipinski definition) is 6. The summed E-state index contributed by atoms with van der Waals surface area (Å²) in [5, 5.41) is 20.7. The van der Waals surface area contributed by atoms with Crippen molar-refractivity contribution in [2.45, 2.75) is 19.4 Å². The Hall–Kier alpha value is -2.32. The lowest BCUT2D eigenvalue weighted by Crippen LogP contribution is -2.37. The molecule has 0 saturated heterocycles. The molecule has 1 aromatic heterocycles. The molecule has 0 radical (unpaired) electrons. The first-order chi connectivity index (χ1) is 8.16. The van der Waals surface area contributed by atoms with Crippen molar-refractivity contribution in [2.75, 3.05) is 7.05 Å². The zero-order valence-corrected chi connectivity index (χ0v) is 9.17. The van der Waals surface area contributed by atoms with Gasteiger partial charge < -0.3 is 5.32 Å². The minimum Gasteiger partial charge on any atom is -0.343 e. The topological polar surface area (TPSA) is 116 Å². The van der Waals surface area contributed by atoms with Crippen LogP contribution in [0.5, 0.6) is 0 Å². The highest BCUT2D eigenvalue weighted by Crippen LogP contribution is 2.06. The van der Waals surface area contributed by atoms with Crippen molar-refractivity contribution >= 4 is 17.5 Å². The van der Waals surface area contributed by atoms with Gasteiger partial charge in [-0.2, -0.15) is 10.3 Å². The molecule has 0 spiro atoms. The lowest BCUT2D eigenvalue weighted by atomic mass is 10.1. The third-order valence-corrected chi connectivity index (χ3v) is 2.27. The molecule has 9 nitrogen and oxygen atoms in total. The summed E-state index contributed by atoms with van der Waals surface area (Å²) < 4.78 is 0. The largest absolute Gasteiger partial charge is 0.343 e. The van der Waals surface area contributed by atoms with E-state index in [0.717, 1.165) is 0 Å². The van der Waals surface area contributed by atoms with Crippen molar-refractivity contribution in [1.29, 1.82) is 0 Å². The van der Waals surface area contributed by atoms with Gasteiger partial charge >= 0.3 is 0 Å². The van der Waals surface area contributed by atoms with Crippen molar-refractivity contribution in [2.24, 2.45) is 5.10 Å². The standard InChI is InChI=1S/C8H11N7O2/c1-15-7(16)3-2-5(12-15)8(17)9-4-6-10-13-14-11-6/h2-4H2,1H3,(H,9,17)(H,10,11,13,14). The number of amides is 2. The Morgan fingerprint density at radius 3 is 3.00 bits per heavy atom. The predicted octanol–water partition coefficient (Wildman–Crippen LogP) is -1.58. The summed E-state index contributed by atoms with van der Waals surface area (Å²) in [5.74, 6) is -0.0342. The third-order valence-electron chi connectivity index (χ3n) is 2.27. The van der Waals surface area contributed by atoms with Gasteiger partial charge in [0.1, 0.15) is 5.71 Å². The van der Waals surface area contributed by atoms with Gasteiger partial charge in [0.2, 0.25) is 5.91 Å². The fourth-order valence-corrected chi connectivity index (χ4v) is 1.35. The first-order valence-corrected chi connectivity index (χ1v) is 5.01. The molecule has 0 atom stereocenters. The number of aromatic nitrogens is 4. The maximum atomic E-state index is 11.7. The van der Waals surface area contributed by atoms with Gasteiger partial charge in [0.25, 0.3) is 5.91 Å². The molecule has 0 fully saturated rings. The summed E-state index contributed by atoms with van der Waals surface area (Å²) in [4.78, 5) is 22.8. The molecule has 17 heavy (non-hydrogen) atoms. The number of carbonyl (C=O) groups is 2.